The summed E-state index contributed by atoms with van der Waals surface area (Å²) in [6.45, 7) is 2.14. The highest BCUT2D eigenvalue weighted by Gasteiger charge is 2.09. The number of carbonyl (C=O) groups excluding carboxylic acids is 1. The van der Waals surface area contributed by atoms with Crippen LogP contribution in [0.5, 0.6) is 0 Å². The second-order valence-corrected chi connectivity index (χ2v) is 5.30. The lowest BCUT2D eigenvalue weighted by Crippen LogP contribution is -2.31. The highest BCUT2D eigenvalue weighted by molar-refractivity contribution is 7.14. The fourth-order valence-corrected chi connectivity index (χ4v) is 2.66. The van der Waals surface area contributed by atoms with Crippen molar-refractivity contribution in [3.8, 4) is 0 Å². The second kappa shape index (κ2) is 5.85. The van der Waals surface area contributed by atoms with Crippen LogP contribution in [0.4, 0.5) is 0 Å². The summed E-state index contributed by atoms with van der Waals surface area (Å²) in [6.07, 6.45) is 2.09. The van der Waals surface area contributed by atoms with Crippen molar-refractivity contribution in [1.29, 1.82) is 0 Å². The van der Waals surface area contributed by atoms with Gasteiger partial charge in [-0.25, -0.2) is 10.6 Å². The molecule has 4 N–H and O–H groups in total. The van der Waals surface area contributed by atoms with E-state index in [4.69, 9.17) is 5.84 Å². The summed E-state index contributed by atoms with van der Waals surface area (Å²) in [5.41, 5.74) is 1.77. The number of thiophene rings is 1. The molecule has 1 amide bonds. The zero-order chi connectivity index (χ0) is 14.7. The maximum Gasteiger partial charge on any atom is 0.328 e. The zero-order valence-corrected chi connectivity index (χ0v) is 11.6. The van der Waals surface area contributed by atoms with Gasteiger partial charge in [-0.1, -0.05) is 6.92 Å². The van der Waals surface area contributed by atoms with Crippen LogP contribution in [0.25, 0.3) is 0 Å². The number of carbonyl (C=O) groups is 1. The van der Waals surface area contributed by atoms with Gasteiger partial charge >= 0.3 is 5.69 Å². The Morgan fingerprint density at radius 3 is 2.85 bits per heavy atom. The van der Waals surface area contributed by atoms with Gasteiger partial charge in [-0.2, -0.15) is 0 Å². The zero-order valence-electron chi connectivity index (χ0n) is 10.8. The van der Waals surface area contributed by atoms with Crippen LogP contribution in [0.2, 0.25) is 0 Å². The van der Waals surface area contributed by atoms with Gasteiger partial charge in [0, 0.05) is 16.6 Å². The summed E-state index contributed by atoms with van der Waals surface area (Å²) in [5, 5.41) is 0. The number of nitrogens with zero attached hydrogens (tertiary/aromatic N) is 1. The predicted octanol–water partition coefficient (Wildman–Crippen LogP) is -0.188. The summed E-state index contributed by atoms with van der Waals surface area (Å²) in [5.74, 6) is 4.69. The monoisotopic (exact) mass is 294 g/mol. The summed E-state index contributed by atoms with van der Waals surface area (Å²) in [4.78, 5) is 38.1. The standard InChI is InChI=1S/C12H14N4O3S/c1-2-7-5-16(12(19)14-10(7)17)6-8-3-4-9(20-8)11(18)15-13/h3-5H,2,6,13H2,1H3,(H,15,18)(H,14,17,19). The highest BCUT2D eigenvalue weighted by Crippen LogP contribution is 2.16. The van der Waals surface area contributed by atoms with Crippen LogP contribution in [0, 0.1) is 0 Å². The number of rotatable bonds is 4. The number of amides is 1. The third kappa shape index (κ3) is 2.86. The largest absolute Gasteiger partial charge is 0.328 e. The van der Waals surface area contributed by atoms with Crippen molar-refractivity contribution in [1.82, 2.24) is 15.0 Å². The van der Waals surface area contributed by atoms with Crippen LogP contribution in [-0.4, -0.2) is 15.5 Å². The summed E-state index contributed by atoms with van der Waals surface area (Å²) in [6, 6.07) is 3.39. The SMILES string of the molecule is CCc1cn(Cc2ccc(C(=O)NN)s2)c(=O)[nH]c1=O. The minimum absolute atomic E-state index is 0.297. The Morgan fingerprint density at radius 2 is 2.20 bits per heavy atom. The molecule has 0 fully saturated rings. The quantitative estimate of drug-likeness (QED) is 0.412. The molecule has 20 heavy (non-hydrogen) atoms. The average Bonchev–Trinajstić information content (AvgIpc) is 2.89. The van der Waals surface area contributed by atoms with Crippen LogP contribution in [0.15, 0.2) is 27.9 Å². The Morgan fingerprint density at radius 1 is 1.45 bits per heavy atom. The van der Waals surface area contributed by atoms with Crippen molar-refractivity contribution < 1.29 is 4.79 Å². The third-order valence-electron chi connectivity index (χ3n) is 2.81. The van der Waals surface area contributed by atoms with E-state index < -0.39 is 5.69 Å². The maximum atomic E-state index is 11.7. The number of nitrogen functional groups attached to an aromatic ring is 1. The molecule has 2 heterocycles. The first kappa shape index (κ1) is 14.2. The molecule has 0 aliphatic heterocycles. The van der Waals surface area contributed by atoms with Crippen LogP contribution in [0.1, 0.15) is 27.0 Å². The molecule has 7 nitrogen and oxygen atoms in total. The molecule has 0 saturated carbocycles. The topological polar surface area (TPSA) is 110 Å². The second-order valence-electron chi connectivity index (χ2n) is 4.13. The van der Waals surface area contributed by atoms with Gasteiger partial charge in [-0.05, 0) is 18.6 Å². The molecule has 0 atom stereocenters. The Balaban J connectivity index is 2.30. The van der Waals surface area contributed by atoms with E-state index >= 15 is 0 Å². The van der Waals surface area contributed by atoms with Gasteiger partial charge in [0.25, 0.3) is 11.5 Å². The number of nitrogens with two attached hydrogens (primary N) is 1. The number of aryl methyl sites for hydroxylation is 1. The number of hydrogen-bond acceptors (Lipinski definition) is 5. The maximum absolute atomic E-state index is 11.7. The molecule has 2 aromatic heterocycles. The van der Waals surface area contributed by atoms with Crippen molar-refractivity contribution in [2.75, 3.05) is 0 Å². The van der Waals surface area contributed by atoms with Gasteiger partial charge in [0.05, 0.1) is 11.4 Å². The van der Waals surface area contributed by atoms with Crippen molar-refractivity contribution in [3.63, 3.8) is 0 Å². The fraction of sp³-hybridized carbons (Fsp3) is 0.250. The normalized spacial score (nSPS) is 10.5. The van der Waals surface area contributed by atoms with E-state index in [1.807, 2.05) is 6.92 Å². The predicted molar refractivity (Wildman–Crippen MR) is 75.8 cm³/mol. The molecule has 0 spiro atoms. The van der Waals surface area contributed by atoms with Crippen LogP contribution in [0.3, 0.4) is 0 Å². The molecule has 0 radical (unpaired) electrons. The summed E-state index contributed by atoms with van der Waals surface area (Å²) >= 11 is 1.24. The van der Waals surface area contributed by atoms with E-state index in [2.05, 4.69) is 10.4 Å². The van der Waals surface area contributed by atoms with Gasteiger partial charge in [-0.3, -0.25) is 24.6 Å². The van der Waals surface area contributed by atoms with Gasteiger partial charge in [0.1, 0.15) is 0 Å². The van der Waals surface area contributed by atoms with Crippen molar-refractivity contribution in [2.45, 2.75) is 19.9 Å². The Labute approximate surface area is 118 Å². The molecule has 8 heteroatoms. The molecule has 0 saturated heterocycles. The van der Waals surface area contributed by atoms with Gasteiger partial charge in [-0.15, -0.1) is 11.3 Å². The molecular formula is C12H14N4O3S. The Kier molecular flexibility index (Phi) is 4.16. The van der Waals surface area contributed by atoms with Gasteiger partial charge in [0.2, 0.25) is 0 Å². The van der Waals surface area contributed by atoms with Crippen molar-refractivity contribution in [3.05, 3.63) is 54.5 Å². The molecular weight excluding hydrogens is 280 g/mol. The molecule has 0 aromatic carbocycles. The van der Waals surface area contributed by atoms with E-state index in [-0.39, 0.29) is 11.5 Å². The van der Waals surface area contributed by atoms with E-state index in [0.29, 0.717) is 23.4 Å². The number of nitrogens with one attached hydrogen (secondary N) is 2. The van der Waals surface area contributed by atoms with Crippen molar-refractivity contribution >= 4 is 17.2 Å². The summed E-state index contributed by atoms with van der Waals surface area (Å²) in [7, 11) is 0. The van der Waals surface area contributed by atoms with Gasteiger partial charge < -0.3 is 0 Å². The molecule has 0 aliphatic rings. The molecule has 0 unspecified atom stereocenters. The van der Waals surface area contributed by atoms with Gasteiger partial charge in [0.15, 0.2) is 0 Å². The number of hydrazine groups is 1. The van der Waals surface area contributed by atoms with Crippen LogP contribution < -0.4 is 22.5 Å². The molecule has 2 aromatic rings. The minimum Gasteiger partial charge on any atom is -0.295 e. The lowest BCUT2D eigenvalue weighted by atomic mass is 10.2. The average molecular weight is 294 g/mol. The molecule has 2 rings (SSSR count). The van der Waals surface area contributed by atoms with E-state index in [9.17, 15) is 14.4 Å². The van der Waals surface area contributed by atoms with Crippen LogP contribution in [-0.2, 0) is 13.0 Å². The Bertz CT molecular complexity index is 744. The highest BCUT2D eigenvalue weighted by atomic mass is 32.1. The number of H-pyrrole nitrogens is 1. The molecule has 0 bridgehead atoms. The first-order chi connectivity index (χ1) is 9.55. The number of aromatic nitrogens is 2. The first-order valence-electron chi connectivity index (χ1n) is 5.97. The fourth-order valence-electron chi connectivity index (χ4n) is 1.75. The first-order valence-corrected chi connectivity index (χ1v) is 6.79. The van der Waals surface area contributed by atoms with E-state index in [0.717, 1.165) is 4.88 Å². The number of hydrogen-bond donors (Lipinski definition) is 3. The summed E-state index contributed by atoms with van der Waals surface area (Å²) < 4.78 is 1.41. The Hall–Kier alpha value is -2.19. The minimum atomic E-state index is -0.467. The lowest BCUT2D eigenvalue weighted by Gasteiger charge is -2.04. The molecule has 0 aliphatic carbocycles. The lowest BCUT2D eigenvalue weighted by molar-refractivity contribution is 0.0957. The van der Waals surface area contributed by atoms with Crippen molar-refractivity contribution in [2.24, 2.45) is 5.84 Å². The van der Waals surface area contributed by atoms with E-state index in [1.54, 1.807) is 18.3 Å². The third-order valence-corrected chi connectivity index (χ3v) is 3.88. The van der Waals surface area contributed by atoms with Crippen LogP contribution >= 0.6 is 11.3 Å². The number of aromatic amines is 1. The smallest absolute Gasteiger partial charge is 0.295 e. The van der Waals surface area contributed by atoms with E-state index in [1.165, 1.54) is 15.9 Å². The molecule has 106 valence electrons.